The third-order valence-electron chi connectivity index (χ3n) is 3.28. The average Bonchev–Trinajstić information content (AvgIpc) is 3.31. The Labute approximate surface area is 157 Å². The SMILES string of the molecule is COC(C)c1nnc(NC(=O)CCSc2nnc(-c3ccncc3)o2)s1. The molecule has 1 amide bonds. The van der Waals surface area contributed by atoms with Crippen LogP contribution in [0.4, 0.5) is 5.13 Å². The smallest absolute Gasteiger partial charge is 0.276 e. The van der Waals surface area contributed by atoms with Crippen molar-refractivity contribution in [3.05, 3.63) is 29.5 Å². The van der Waals surface area contributed by atoms with E-state index in [9.17, 15) is 4.79 Å². The summed E-state index contributed by atoms with van der Waals surface area (Å²) in [6.45, 7) is 1.87. The molecule has 0 aliphatic carbocycles. The Balaban J connectivity index is 1.45. The highest BCUT2D eigenvalue weighted by Crippen LogP contribution is 2.25. The largest absolute Gasteiger partial charge is 0.411 e. The minimum atomic E-state index is -0.154. The molecule has 0 aromatic carbocycles. The summed E-state index contributed by atoms with van der Waals surface area (Å²) >= 11 is 2.61. The van der Waals surface area contributed by atoms with Gasteiger partial charge in [-0.1, -0.05) is 23.1 Å². The first-order valence-electron chi connectivity index (χ1n) is 7.68. The first kappa shape index (κ1) is 18.4. The number of anilines is 1. The Bertz CT molecular complexity index is 854. The highest BCUT2D eigenvalue weighted by atomic mass is 32.2. The number of amides is 1. The molecule has 0 bridgehead atoms. The standard InChI is InChI=1S/C15H16N6O3S2/c1-9(23-2)13-19-20-14(26-13)17-11(22)5-8-25-15-21-18-12(24-15)10-3-6-16-7-4-10/h3-4,6-7,9H,5,8H2,1-2H3,(H,17,20,22). The highest BCUT2D eigenvalue weighted by molar-refractivity contribution is 7.99. The maximum absolute atomic E-state index is 12.0. The minimum Gasteiger partial charge on any atom is -0.411 e. The van der Waals surface area contributed by atoms with E-state index in [0.29, 0.717) is 27.0 Å². The molecule has 0 saturated carbocycles. The van der Waals surface area contributed by atoms with Crippen LogP contribution in [0, 0.1) is 0 Å². The minimum absolute atomic E-state index is 0.152. The molecule has 136 valence electrons. The van der Waals surface area contributed by atoms with E-state index >= 15 is 0 Å². The van der Waals surface area contributed by atoms with Gasteiger partial charge in [-0.05, 0) is 19.1 Å². The van der Waals surface area contributed by atoms with E-state index in [1.807, 2.05) is 6.92 Å². The lowest BCUT2D eigenvalue weighted by molar-refractivity contribution is -0.115. The lowest BCUT2D eigenvalue weighted by Gasteiger charge is -2.02. The molecule has 26 heavy (non-hydrogen) atoms. The van der Waals surface area contributed by atoms with Crippen LogP contribution in [-0.4, -0.2) is 44.1 Å². The zero-order valence-corrected chi connectivity index (χ0v) is 15.7. The van der Waals surface area contributed by atoms with Gasteiger partial charge < -0.3 is 14.5 Å². The van der Waals surface area contributed by atoms with Crippen LogP contribution in [0.25, 0.3) is 11.5 Å². The van der Waals surface area contributed by atoms with E-state index in [0.717, 1.165) is 5.56 Å². The topological polar surface area (TPSA) is 116 Å². The van der Waals surface area contributed by atoms with Crippen LogP contribution in [0.1, 0.15) is 24.5 Å². The van der Waals surface area contributed by atoms with E-state index in [-0.39, 0.29) is 18.4 Å². The van der Waals surface area contributed by atoms with Gasteiger partial charge >= 0.3 is 0 Å². The molecule has 1 unspecified atom stereocenters. The van der Waals surface area contributed by atoms with Gasteiger partial charge in [0.05, 0.1) is 0 Å². The van der Waals surface area contributed by atoms with Gasteiger partial charge in [-0.15, -0.1) is 20.4 Å². The molecule has 0 radical (unpaired) electrons. The van der Waals surface area contributed by atoms with Crippen molar-refractivity contribution in [3.63, 3.8) is 0 Å². The second kappa shape index (κ2) is 8.83. The Morgan fingerprint density at radius 2 is 2.12 bits per heavy atom. The summed E-state index contributed by atoms with van der Waals surface area (Å²) in [4.78, 5) is 15.9. The van der Waals surface area contributed by atoms with E-state index in [1.54, 1.807) is 31.6 Å². The molecule has 3 rings (SSSR count). The van der Waals surface area contributed by atoms with Crippen molar-refractivity contribution in [1.82, 2.24) is 25.4 Å². The number of ether oxygens (including phenoxy) is 1. The molecule has 0 saturated heterocycles. The number of thioether (sulfide) groups is 1. The van der Waals surface area contributed by atoms with Gasteiger partial charge in [0, 0.05) is 37.2 Å². The second-order valence-electron chi connectivity index (χ2n) is 5.08. The number of nitrogens with zero attached hydrogens (tertiary/aromatic N) is 5. The summed E-state index contributed by atoms with van der Waals surface area (Å²) in [5, 5.41) is 20.2. The van der Waals surface area contributed by atoms with Gasteiger partial charge in [0.15, 0.2) is 0 Å². The van der Waals surface area contributed by atoms with Crippen LogP contribution in [0.2, 0.25) is 0 Å². The van der Waals surface area contributed by atoms with Gasteiger partial charge in [-0.2, -0.15) is 0 Å². The lowest BCUT2D eigenvalue weighted by atomic mass is 10.3. The molecule has 3 heterocycles. The lowest BCUT2D eigenvalue weighted by Crippen LogP contribution is -2.11. The van der Waals surface area contributed by atoms with E-state index < -0.39 is 0 Å². The maximum atomic E-state index is 12.0. The second-order valence-corrected chi connectivity index (χ2v) is 7.13. The monoisotopic (exact) mass is 392 g/mol. The van der Waals surface area contributed by atoms with Crippen LogP contribution >= 0.6 is 23.1 Å². The maximum Gasteiger partial charge on any atom is 0.276 e. The quantitative estimate of drug-likeness (QED) is 0.578. The van der Waals surface area contributed by atoms with Gasteiger partial charge in [-0.3, -0.25) is 9.78 Å². The molecule has 0 spiro atoms. The highest BCUT2D eigenvalue weighted by Gasteiger charge is 2.14. The summed E-state index contributed by atoms with van der Waals surface area (Å²) in [5.41, 5.74) is 0.800. The van der Waals surface area contributed by atoms with Crippen LogP contribution in [0.3, 0.4) is 0 Å². The average molecular weight is 392 g/mol. The van der Waals surface area contributed by atoms with Crippen molar-refractivity contribution in [1.29, 1.82) is 0 Å². The van der Waals surface area contributed by atoms with E-state index in [2.05, 4.69) is 30.7 Å². The summed E-state index contributed by atoms with van der Waals surface area (Å²) in [6, 6.07) is 3.58. The zero-order valence-electron chi connectivity index (χ0n) is 14.1. The summed E-state index contributed by atoms with van der Waals surface area (Å²) in [6.07, 6.45) is 3.44. The number of hydrogen-bond donors (Lipinski definition) is 1. The van der Waals surface area contributed by atoms with E-state index in [4.69, 9.17) is 9.15 Å². The van der Waals surface area contributed by atoms with Crippen molar-refractivity contribution in [3.8, 4) is 11.5 Å². The summed E-state index contributed by atoms with van der Waals surface area (Å²) < 4.78 is 10.7. The predicted octanol–water partition coefficient (Wildman–Crippen LogP) is 2.81. The molecule has 0 aliphatic rings. The first-order chi connectivity index (χ1) is 12.7. The van der Waals surface area contributed by atoms with Crippen LogP contribution in [0.5, 0.6) is 0 Å². The third kappa shape index (κ3) is 4.84. The number of aromatic nitrogens is 5. The molecule has 0 fully saturated rings. The number of methoxy groups -OCH3 is 1. The van der Waals surface area contributed by atoms with E-state index in [1.165, 1.54) is 23.1 Å². The van der Waals surface area contributed by atoms with Crippen molar-refractivity contribution >= 4 is 34.1 Å². The Kier molecular flexibility index (Phi) is 6.26. The van der Waals surface area contributed by atoms with Gasteiger partial charge in [-0.25, -0.2) is 0 Å². The van der Waals surface area contributed by atoms with Gasteiger partial charge in [0.2, 0.25) is 16.9 Å². The van der Waals surface area contributed by atoms with Gasteiger partial charge in [0.1, 0.15) is 11.1 Å². The molecule has 1 N–H and O–H groups in total. The molecular formula is C15H16N6O3S2. The molecule has 1 atom stereocenters. The third-order valence-corrected chi connectivity index (χ3v) is 5.10. The number of carbonyl (C=O) groups is 1. The number of rotatable bonds is 8. The molecular weight excluding hydrogens is 376 g/mol. The normalized spacial score (nSPS) is 12.1. The van der Waals surface area contributed by atoms with Gasteiger partial charge in [0.25, 0.3) is 5.22 Å². The van der Waals surface area contributed by atoms with Crippen LogP contribution < -0.4 is 5.32 Å². The van der Waals surface area contributed by atoms with Crippen molar-refractivity contribution in [2.45, 2.75) is 24.7 Å². The number of pyridine rings is 1. The fourth-order valence-electron chi connectivity index (χ4n) is 1.84. The fourth-order valence-corrected chi connectivity index (χ4v) is 3.33. The zero-order chi connectivity index (χ0) is 18.4. The van der Waals surface area contributed by atoms with Crippen molar-refractivity contribution in [2.24, 2.45) is 0 Å². The summed E-state index contributed by atoms with van der Waals surface area (Å²) in [5.74, 6) is 0.774. The molecule has 11 heteroatoms. The number of nitrogens with one attached hydrogen (secondary N) is 1. The molecule has 3 aromatic rings. The Morgan fingerprint density at radius 3 is 2.88 bits per heavy atom. The molecule has 3 aromatic heterocycles. The predicted molar refractivity (Wildman–Crippen MR) is 96.8 cm³/mol. The van der Waals surface area contributed by atoms with Crippen LogP contribution in [-0.2, 0) is 9.53 Å². The fraction of sp³-hybridized carbons (Fsp3) is 0.333. The summed E-state index contributed by atoms with van der Waals surface area (Å²) in [7, 11) is 1.60. The van der Waals surface area contributed by atoms with Crippen molar-refractivity contribution in [2.75, 3.05) is 18.2 Å². The Morgan fingerprint density at radius 1 is 1.31 bits per heavy atom. The van der Waals surface area contributed by atoms with Crippen LogP contribution in [0.15, 0.2) is 34.2 Å². The number of hydrogen-bond acceptors (Lipinski definition) is 10. The van der Waals surface area contributed by atoms with Crippen molar-refractivity contribution < 1.29 is 13.9 Å². The molecule has 9 nitrogen and oxygen atoms in total. The molecule has 0 aliphatic heterocycles. The number of carbonyl (C=O) groups excluding carboxylic acids is 1. The Hall–Kier alpha value is -2.37. The first-order valence-corrected chi connectivity index (χ1v) is 9.48.